The number of hydrogen-bond donors (Lipinski definition) is 1. The Kier molecular flexibility index (Phi) is 4.14. The molecule has 2 N–H and O–H groups in total. The maximum absolute atomic E-state index is 12.4. The van der Waals surface area contributed by atoms with Crippen molar-refractivity contribution in [1.29, 1.82) is 0 Å². The topological polar surface area (TPSA) is 77.0 Å². The van der Waals surface area contributed by atoms with Gasteiger partial charge in [-0.2, -0.15) is 5.10 Å². The average Bonchev–Trinajstić information content (AvgIpc) is 2.91. The van der Waals surface area contributed by atoms with Crippen molar-refractivity contribution in [2.24, 2.45) is 12.8 Å². The molecule has 0 aromatic carbocycles. The second-order valence-electron chi connectivity index (χ2n) is 4.83. The van der Waals surface area contributed by atoms with Gasteiger partial charge in [0.05, 0.1) is 12.2 Å². The summed E-state index contributed by atoms with van der Waals surface area (Å²) in [7, 11) is 3.55. The minimum Gasteiger partial charge on any atom is -0.337 e. The molecule has 0 saturated heterocycles. The Bertz CT molecular complexity index is 580. The van der Waals surface area contributed by atoms with Gasteiger partial charge in [-0.3, -0.25) is 14.5 Å². The molecule has 0 aliphatic heterocycles. The van der Waals surface area contributed by atoms with E-state index in [9.17, 15) is 4.79 Å². The van der Waals surface area contributed by atoms with Crippen LogP contribution in [0.5, 0.6) is 0 Å². The average molecular weight is 273 g/mol. The lowest BCUT2D eigenvalue weighted by Gasteiger charge is -2.27. The summed E-state index contributed by atoms with van der Waals surface area (Å²) in [5.74, 6) is -0.137. The van der Waals surface area contributed by atoms with Gasteiger partial charge in [0.2, 0.25) is 5.91 Å². The monoisotopic (exact) mass is 273 g/mol. The highest BCUT2D eigenvalue weighted by Crippen LogP contribution is 2.21. The van der Waals surface area contributed by atoms with Crippen LogP contribution >= 0.6 is 0 Å². The van der Waals surface area contributed by atoms with Crippen LogP contribution in [-0.4, -0.2) is 32.6 Å². The van der Waals surface area contributed by atoms with E-state index >= 15 is 0 Å². The van der Waals surface area contributed by atoms with Crippen LogP contribution in [0.3, 0.4) is 0 Å². The third-order valence-electron chi connectivity index (χ3n) is 3.47. The molecular weight excluding hydrogens is 254 g/mol. The molecule has 2 rings (SSSR count). The standard InChI is InChI=1S/C14H19N5O/c1-10(11-4-6-16-7-5-11)19(3)14(20)13(15)12-8-17-18(2)9-12/h4-10,13H,15H2,1-3H3. The molecule has 0 aliphatic rings. The van der Waals surface area contributed by atoms with E-state index in [1.165, 1.54) is 0 Å². The molecule has 2 atom stereocenters. The van der Waals surface area contributed by atoms with Gasteiger partial charge in [0, 0.05) is 38.2 Å². The first-order chi connectivity index (χ1) is 9.50. The highest BCUT2D eigenvalue weighted by atomic mass is 16.2. The SMILES string of the molecule is CC(c1ccncc1)N(C)C(=O)C(N)c1cnn(C)c1. The summed E-state index contributed by atoms with van der Waals surface area (Å²) in [6, 6.07) is 3.03. The maximum atomic E-state index is 12.4. The molecule has 1 amide bonds. The van der Waals surface area contributed by atoms with Crippen LogP contribution in [-0.2, 0) is 11.8 Å². The van der Waals surface area contributed by atoms with Gasteiger partial charge in [0.15, 0.2) is 0 Å². The summed E-state index contributed by atoms with van der Waals surface area (Å²) in [5.41, 5.74) is 7.75. The van der Waals surface area contributed by atoms with E-state index in [4.69, 9.17) is 5.73 Å². The number of nitrogens with two attached hydrogens (primary N) is 1. The zero-order valence-corrected chi connectivity index (χ0v) is 11.9. The highest BCUT2D eigenvalue weighted by molar-refractivity contribution is 5.83. The Morgan fingerprint density at radius 2 is 2.00 bits per heavy atom. The number of carbonyl (C=O) groups excluding carboxylic acids is 1. The van der Waals surface area contributed by atoms with E-state index in [2.05, 4.69) is 10.1 Å². The smallest absolute Gasteiger partial charge is 0.244 e. The molecular formula is C14H19N5O. The van der Waals surface area contributed by atoms with E-state index in [0.717, 1.165) is 5.56 Å². The largest absolute Gasteiger partial charge is 0.337 e. The summed E-state index contributed by atoms with van der Waals surface area (Å²) < 4.78 is 1.63. The fourth-order valence-electron chi connectivity index (χ4n) is 2.02. The fraction of sp³-hybridized carbons (Fsp3) is 0.357. The van der Waals surface area contributed by atoms with Gasteiger partial charge in [-0.1, -0.05) is 0 Å². The zero-order valence-electron chi connectivity index (χ0n) is 11.9. The van der Waals surface area contributed by atoms with Crippen molar-refractivity contribution in [3.8, 4) is 0 Å². The predicted octanol–water partition coefficient (Wildman–Crippen LogP) is 1.03. The number of aryl methyl sites for hydroxylation is 1. The number of hydrogen-bond acceptors (Lipinski definition) is 4. The lowest BCUT2D eigenvalue weighted by atomic mass is 10.1. The summed E-state index contributed by atoms with van der Waals surface area (Å²) in [6.45, 7) is 1.96. The third kappa shape index (κ3) is 2.85. The molecule has 2 aromatic heterocycles. The normalized spacial score (nSPS) is 13.8. The Labute approximate surface area is 118 Å². The Morgan fingerprint density at radius 3 is 2.55 bits per heavy atom. The van der Waals surface area contributed by atoms with Gasteiger partial charge >= 0.3 is 0 Å². The molecule has 2 heterocycles. The van der Waals surface area contributed by atoms with Gasteiger partial charge in [0.25, 0.3) is 0 Å². The molecule has 0 radical (unpaired) electrons. The van der Waals surface area contributed by atoms with Crippen LogP contribution in [0.25, 0.3) is 0 Å². The van der Waals surface area contributed by atoms with Gasteiger partial charge in [0.1, 0.15) is 6.04 Å². The minimum atomic E-state index is -0.696. The summed E-state index contributed by atoms with van der Waals surface area (Å²) in [6.07, 6.45) is 6.80. The number of nitrogens with zero attached hydrogens (tertiary/aromatic N) is 4. The second kappa shape index (κ2) is 5.83. The van der Waals surface area contributed by atoms with Crippen LogP contribution in [0.4, 0.5) is 0 Å². The van der Waals surface area contributed by atoms with Crippen LogP contribution in [0.1, 0.15) is 30.1 Å². The van der Waals surface area contributed by atoms with Crippen molar-refractivity contribution in [2.45, 2.75) is 19.0 Å². The molecule has 20 heavy (non-hydrogen) atoms. The van der Waals surface area contributed by atoms with E-state index in [1.54, 1.807) is 48.5 Å². The maximum Gasteiger partial charge on any atom is 0.244 e. The molecule has 0 saturated carbocycles. The Balaban J connectivity index is 2.12. The molecule has 106 valence electrons. The fourth-order valence-corrected chi connectivity index (χ4v) is 2.02. The number of aromatic nitrogens is 3. The van der Waals surface area contributed by atoms with Gasteiger partial charge in [-0.05, 0) is 24.6 Å². The Hall–Kier alpha value is -2.21. The number of carbonyl (C=O) groups is 1. The molecule has 2 aromatic rings. The van der Waals surface area contributed by atoms with Gasteiger partial charge in [-0.15, -0.1) is 0 Å². The first-order valence-corrected chi connectivity index (χ1v) is 6.41. The second-order valence-corrected chi connectivity index (χ2v) is 4.83. The van der Waals surface area contributed by atoms with E-state index in [1.807, 2.05) is 19.1 Å². The molecule has 0 bridgehead atoms. The van der Waals surface area contributed by atoms with Crippen molar-refractivity contribution < 1.29 is 4.79 Å². The first kappa shape index (κ1) is 14.2. The van der Waals surface area contributed by atoms with Crippen molar-refractivity contribution in [2.75, 3.05) is 7.05 Å². The number of amides is 1. The van der Waals surface area contributed by atoms with Crippen LogP contribution in [0, 0.1) is 0 Å². The molecule has 0 fully saturated rings. The summed E-state index contributed by atoms with van der Waals surface area (Å²) >= 11 is 0. The van der Waals surface area contributed by atoms with E-state index in [0.29, 0.717) is 5.56 Å². The minimum absolute atomic E-state index is 0.0618. The van der Waals surface area contributed by atoms with Crippen LogP contribution in [0.15, 0.2) is 36.9 Å². The van der Waals surface area contributed by atoms with Crippen molar-refractivity contribution in [3.05, 3.63) is 48.0 Å². The quantitative estimate of drug-likeness (QED) is 0.902. The molecule has 6 heteroatoms. The Morgan fingerprint density at radius 1 is 1.35 bits per heavy atom. The lowest BCUT2D eigenvalue weighted by Crippen LogP contribution is -2.37. The van der Waals surface area contributed by atoms with Crippen molar-refractivity contribution >= 4 is 5.91 Å². The number of pyridine rings is 1. The lowest BCUT2D eigenvalue weighted by molar-refractivity contribution is -0.133. The molecule has 2 unspecified atom stereocenters. The predicted molar refractivity (Wildman–Crippen MR) is 75.6 cm³/mol. The summed E-state index contributed by atoms with van der Waals surface area (Å²) in [4.78, 5) is 18.0. The van der Waals surface area contributed by atoms with Crippen LogP contribution < -0.4 is 5.73 Å². The van der Waals surface area contributed by atoms with Gasteiger partial charge < -0.3 is 10.6 Å². The zero-order chi connectivity index (χ0) is 14.7. The number of rotatable bonds is 4. The third-order valence-corrected chi connectivity index (χ3v) is 3.47. The van der Waals surface area contributed by atoms with Crippen LogP contribution in [0.2, 0.25) is 0 Å². The van der Waals surface area contributed by atoms with E-state index in [-0.39, 0.29) is 11.9 Å². The van der Waals surface area contributed by atoms with E-state index < -0.39 is 6.04 Å². The summed E-state index contributed by atoms with van der Waals surface area (Å²) in [5, 5.41) is 4.04. The first-order valence-electron chi connectivity index (χ1n) is 6.41. The highest BCUT2D eigenvalue weighted by Gasteiger charge is 2.24. The molecule has 0 aliphatic carbocycles. The van der Waals surface area contributed by atoms with Crippen molar-refractivity contribution in [3.63, 3.8) is 0 Å². The van der Waals surface area contributed by atoms with Gasteiger partial charge in [-0.25, -0.2) is 0 Å². The van der Waals surface area contributed by atoms with Crippen molar-refractivity contribution in [1.82, 2.24) is 19.7 Å². The number of likely N-dealkylation sites (N-methyl/N-ethyl adjacent to an activating group) is 1. The molecule has 6 nitrogen and oxygen atoms in total. The molecule has 0 spiro atoms.